The Hall–Kier alpha value is -3.32. The minimum atomic E-state index is -0.230. The lowest BCUT2D eigenvalue weighted by Crippen LogP contribution is -2.30. The minimum absolute atomic E-state index is 0.145. The van der Waals surface area contributed by atoms with E-state index in [0.717, 1.165) is 35.0 Å². The van der Waals surface area contributed by atoms with E-state index in [0.29, 0.717) is 12.2 Å². The number of hydrogen-bond acceptors (Lipinski definition) is 5. The quantitative estimate of drug-likeness (QED) is 0.421. The fourth-order valence-corrected chi connectivity index (χ4v) is 3.76. The first kappa shape index (κ1) is 20.9. The molecule has 0 saturated heterocycles. The Labute approximate surface area is 185 Å². The fourth-order valence-electron chi connectivity index (χ4n) is 3.28. The average molecular weight is 433 g/mol. The van der Waals surface area contributed by atoms with Crippen LogP contribution in [0.5, 0.6) is 5.75 Å². The molecular weight excluding hydrogens is 408 g/mol. The van der Waals surface area contributed by atoms with Crippen molar-refractivity contribution >= 4 is 23.3 Å². The van der Waals surface area contributed by atoms with E-state index < -0.39 is 0 Å². The first-order chi connectivity index (χ1) is 15.2. The van der Waals surface area contributed by atoms with Crippen molar-refractivity contribution in [3.63, 3.8) is 0 Å². The van der Waals surface area contributed by atoms with Crippen molar-refractivity contribution in [3.8, 4) is 5.75 Å². The summed E-state index contributed by atoms with van der Waals surface area (Å²) in [4.78, 5) is 12.9. The standard InChI is InChI=1S/C24H24N4O2S/c1-31-16-14-21(23-27-26-22-9-5-6-15-28(22)23)25-24(29)19-10-12-20(13-11-19)30-17-18-7-3-2-4-8-18/h2-13,15,21H,14,16-17H2,1H3,(H,25,29). The van der Waals surface area contributed by atoms with Crippen LogP contribution in [0, 0.1) is 0 Å². The molecule has 0 saturated carbocycles. The average Bonchev–Trinajstić information content (AvgIpc) is 3.25. The first-order valence-electron chi connectivity index (χ1n) is 10.1. The van der Waals surface area contributed by atoms with Gasteiger partial charge in [-0.15, -0.1) is 10.2 Å². The van der Waals surface area contributed by atoms with E-state index in [1.54, 1.807) is 23.9 Å². The van der Waals surface area contributed by atoms with Crippen LogP contribution in [0.25, 0.3) is 5.65 Å². The molecule has 0 aliphatic heterocycles. The minimum Gasteiger partial charge on any atom is -0.489 e. The van der Waals surface area contributed by atoms with E-state index >= 15 is 0 Å². The molecule has 0 bridgehead atoms. The molecule has 1 amide bonds. The summed E-state index contributed by atoms with van der Waals surface area (Å²) in [6.45, 7) is 0.489. The van der Waals surface area contributed by atoms with E-state index in [9.17, 15) is 4.79 Å². The van der Waals surface area contributed by atoms with Crippen molar-refractivity contribution in [2.75, 3.05) is 12.0 Å². The third kappa shape index (κ3) is 5.24. The molecule has 1 unspecified atom stereocenters. The van der Waals surface area contributed by atoms with Crippen molar-refractivity contribution in [3.05, 3.63) is 95.9 Å². The lowest BCUT2D eigenvalue weighted by molar-refractivity contribution is 0.0933. The van der Waals surface area contributed by atoms with E-state index in [4.69, 9.17) is 4.74 Å². The molecule has 4 rings (SSSR count). The molecule has 2 aromatic heterocycles. The van der Waals surface area contributed by atoms with Gasteiger partial charge in [0.05, 0.1) is 6.04 Å². The van der Waals surface area contributed by atoms with Crippen molar-refractivity contribution in [1.29, 1.82) is 0 Å². The number of amides is 1. The SMILES string of the molecule is CSCCC(NC(=O)c1ccc(OCc2ccccc2)cc1)c1nnc2ccccn12. The molecule has 4 aromatic rings. The zero-order chi connectivity index (χ0) is 21.5. The Kier molecular flexibility index (Phi) is 6.84. The van der Waals surface area contributed by atoms with Gasteiger partial charge in [-0.1, -0.05) is 36.4 Å². The topological polar surface area (TPSA) is 68.5 Å². The van der Waals surface area contributed by atoms with Gasteiger partial charge in [-0.05, 0) is 60.4 Å². The molecule has 0 spiro atoms. The Bertz CT molecular complexity index is 1130. The highest BCUT2D eigenvalue weighted by Crippen LogP contribution is 2.20. The van der Waals surface area contributed by atoms with Crippen LogP contribution in [0.3, 0.4) is 0 Å². The van der Waals surface area contributed by atoms with Gasteiger partial charge in [0.1, 0.15) is 12.4 Å². The maximum absolute atomic E-state index is 12.9. The normalized spacial score (nSPS) is 11.9. The van der Waals surface area contributed by atoms with Crippen molar-refractivity contribution < 1.29 is 9.53 Å². The van der Waals surface area contributed by atoms with Gasteiger partial charge in [0, 0.05) is 11.8 Å². The zero-order valence-electron chi connectivity index (χ0n) is 17.3. The molecule has 0 aliphatic carbocycles. The molecule has 31 heavy (non-hydrogen) atoms. The second kappa shape index (κ2) is 10.1. The van der Waals surface area contributed by atoms with Gasteiger partial charge in [-0.2, -0.15) is 11.8 Å². The number of nitrogens with zero attached hydrogens (tertiary/aromatic N) is 3. The van der Waals surface area contributed by atoms with Crippen LogP contribution in [0.4, 0.5) is 0 Å². The third-order valence-electron chi connectivity index (χ3n) is 4.93. The van der Waals surface area contributed by atoms with Crippen molar-refractivity contribution in [1.82, 2.24) is 19.9 Å². The van der Waals surface area contributed by atoms with Crippen LogP contribution in [0.2, 0.25) is 0 Å². The first-order valence-corrected chi connectivity index (χ1v) is 11.5. The van der Waals surface area contributed by atoms with E-state index in [2.05, 4.69) is 21.8 Å². The number of thioether (sulfide) groups is 1. The Morgan fingerprint density at radius 2 is 1.81 bits per heavy atom. The molecule has 0 fully saturated rings. The lowest BCUT2D eigenvalue weighted by atomic mass is 10.1. The van der Waals surface area contributed by atoms with E-state index in [1.165, 1.54) is 0 Å². The summed E-state index contributed by atoms with van der Waals surface area (Å²) in [6.07, 6.45) is 4.73. The van der Waals surface area contributed by atoms with Crippen LogP contribution in [0.15, 0.2) is 79.0 Å². The second-order valence-electron chi connectivity index (χ2n) is 7.09. The summed E-state index contributed by atoms with van der Waals surface area (Å²) in [6, 6.07) is 22.7. The molecule has 6 nitrogen and oxygen atoms in total. The number of aromatic nitrogens is 3. The summed E-state index contributed by atoms with van der Waals surface area (Å²) < 4.78 is 7.73. The van der Waals surface area contributed by atoms with Crippen LogP contribution >= 0.6 is 11.8 Å². The number of rotatable bonds is 9. The largest absolute Gasteiger partial charge is 0.489 e. The summed E-state index contributed by atoms with van der Waals surface area (Å²) in [7, 11) is 0. The van der Waals surface area contributed by atoms with Crippen LogP contribution < -0.4 is 10.1 Å². The molecule has 158 valence electrons. The third-order valence-corrected chi connectivity index (χ3v) is 5.58. The van der Waals surface area contributed by atoms with Crippen molar-refractivity contribution in [2.24, 2.45) is 0 Å². The van der Waals surface area contributed by atoms with Crippen LogP contribution in [0.1, 0.15) is 34.2 Å². The van der Waals surface area contributed by atoms with Gasteiger partial charge in [-0.3, -0.25) is 9.20 Å². The number of carbonyl (C=O) groups excluding carboxylic acids is 1. The van der Waals surface area contributed by atoms with Gasteiger partial charge in [0.2, 0.25) is 0 Å². The summed E-state index contributed by atoms with van der Waals surface area (Å²) in [5.41, 5.74) is 2.44. The maximum atomic E-state index is 12.9. The molecule has 2 aromatic carbocycles. The predicted octanol–water partition coefficient (Wildman–Crippen LogP) is 4.53. The molecule has 1 atom stereocenters. The number of carbonyl (C=O) groups is 1. The molecular formula is C24H24N4O2S. The molecule has 0 aliphatic rings. The molecule has 1 N–H and O–H groups in total. The van der Waals surface area contributed by atoms with Gasteiger partial charge in [0.25, 0.3) is 5.91 Å². The van der Waals surface area contributed by atoms with E-state index in [1.807, 2.05) is 71.3 Å². The highest BCUT2D eigenvalue weighted by molar-refractivity contribution is 7.98. The van der Waals surface area contributed by atoms with Crippen LogP contribution in [-0.2, 0) is 6.61 Å². The number of ether oxygens (including phenoxy) is 1. The molecule has 2 heterocycles. The number of pyridine rings is 1. The van der Waals surface area contributed by atoms with Crippen molar-refractivity contribution in [2.45, 2.75) is 19.1 Å². The number of nitrogens with one attached hydrogen (secondary N) is 1. The van der Waals surface area contributed by atoms with Gasteiger partial charge < -0.3 is 10.1 Å². The lowest BCUT2D eigenvalue weighted by Gasteiger charge is -2.17. The van der Waals surface area contributed by atoms with Gasteiger partial charge in [0.15, 0.2) is 11.5 Å². The monoisotopic (exact) mass is 432 g/mol. The number of fused-ring (bicyclic) bond motifs is 1. The van der Waals surface area contributed by atoms with E-state index in [-0.39, 0.29) is 11.9 Å². The fraction of sp³-hybridized carbons (Fsp3) is 0.208. The Balaban J connectivity index is 1.44. The van der Waals surface area contributed by atoms with Gasteiger partial charge in [-0.25, -0.2) is 0 Å². The highest BCUT2D eigenvalue weighted by Gasteiger charge is 2.21. The smallest absolute Gasteiger partial charge is 0.251 e. The van der Waals surface area contributed by atoms with Crippen LogP contribution in [-0.4, -0.2) is 32.5 Å². The zero-order valence-corrected chi connectivity index (χ0v) is 18.1. The highest BCUT2D eigenvalue weighted by atomic mass is 32.2. The Morgan fingerprint density at radius 1 is 1.03 bits per heavy atom. The summed E-state index contributed by atoms with van der Waals surface area (Å²) in [5.74, 6) is 2.22. The second-order valence-corrected chi connectivity index (χ2v) is 8.08. The maximum Gasteiger partial charge on any atom is 0.251 e. The number of hydrogen-bond donors (Lipinski definition) is 1. The Morgan fingerprint density at radius 3 is 2.58 bits per heavy atom. The predicted molar refractivity (Wildman–Crippen MR) is 123 cm³/mol. The number of benzene rings is 2. The van der Waals surface area contributed by atoms with Gasteiger partial charge >= 0.3 is 0 Å². The molecule has 7 heteroatoms. The summed E-state index contributed by atoms with van der Waals surface area (Å²) >= 11 is 1.74. The molecule has 0 radical (unpaired) electrons. The summed E-state index contributed by atoms with van der Waals surface area (Å²) in [5, 5.41) is 11.7.